The summed E-state index contributed by atoms with van der Waals surface area (Å²) in [5, 5.41) is 13.8. The molecule has 0 radical (unpaired) electrons. The largest absolute Gasteiger partial charge is 0.379 e. The zero-order chi connectivity index (χ0) is 15.0. The van der Waals surface area contributed by atoms with Crippen LogP contribution >= 0.6 is 0 Å². The van der Waals surface area contributed by atoms with Crippen LogP contribution < -0.4 is 5.32 Å². The third-order valence-corrected chi connectivity index (χ3v) is 3.03. The Bertz CT molecular complexity index is 463. The first-order valence-electron chi connectivity index (χ1n) is 6.77. The molecule has 1 amide bonds. The number of nitro groups is 1. The number of benzene rings is 1. The lowest BCUT2D eigenvalue weighted by Gasteiger charge is -2.16. The molecule has 1 aromatic carbocycles. The summed E-state index contributed by atoms with van der Waals surface area (Å²) in [4.78, 5) is 23.9. The van der Waals surface area contributed by atoms with Crippen molar-refractivity contribution < 1.29 is 9.72 Å². The molecule has 0 unspecified atom stereocenters. The van der Waals surface area contributed by atoms with Crippen LogP contribution in [0.25, 0.3) is 0 Å². The Kier molecular flexibility index (Phi) is 6.49. The highest BCUT2D eigenvalue weighted by atomic mass is 16.6. The summed E-state index contributed by atoms with van der Waals surface area (Å²) >= 11 is 0. The summed E-state index contributed by atoms with van der Waals surface area (Å²) in [5.74, 6) is 0.0459. The van der Waals surface area contributed by atoms with Crippen molar-refractivity contribution in [2.75, 3.05) is 25.5 Å². The highest BCUT2D eigenvalue weighted by Crippen LogP contribution is 2.22. The highest BCUT2D eigenvalue weighted by molar-refractivity contribution is 5.76. The van der Waals surface area contributed by atoms with Crippen LogP contribution in [0.2, 0.25) is 0 Å². The number of rotatable bonds is 8. The van der Waals surface area contributed by atoms with Gasteiger partial charge in [-0.25, -0.2) is 0 Å². The first-order valence-corrected chi connectivity index (χ1v) is 6.77. The van der Waals surface area contributed by atoms with E-state index in [-0.39, 0.29) is 11.6 Å². The number of amides is 1. The van der Waals surface area contributed by atoms with Crippen LogP contribution in [0.4, 0.5) is 11.4 Å². The molecule has 0 aliphatic carbocycles. The standard InChI is InChI=1S/C14H21N3O3/c1-3-4-11-16(2)14(18)9-10-15-12-7-5-6-8-13(12)17(19)20/h5-8,15H,3-4,9-11H2,1-2H3. The van der Waals surface area contributed by atoms with Crippen LogP contribution in [0.5, 0.6) is 0 Å². The van der Waals surface area contributed by atoms with Gasteiger partial charge in [0.25, 0.3) is 5.69 Å². The Labute approximate surface area is 118 Å². The predicted octanol–water partition coefficient (Wildman–Crippen LogP) is 2.66. The van der Waals surface area contributed by atoms with E-state index >= 15 is 0 Å². The molecule has 0 bridgehead atoms. The van der Waals surface area contributed by atoms with Gasteiger partial charge in [-0.2, -0.15) is 0 Å². The van der Waals surface area contributed by atoms with Gasteiger partial charge in [-0.15, -0.1) is 0 Å². The Hall–Kier alpha value is -2.11. The number of nitrogens with one attached hydrogen (secondary N) is 1. The number of anilines is 1. The average molecular weight is 279 g/mol. The van der Waals surface area contributed by atoms with Crippen molar-refractivity contribution in [3.8, 4) is 0 Å². The van der Waals surface area contributed by atoms with E-state index in [9.17, 15) is 14.9 Å². The lowest BCUT2D eigenvalue weighted by molar-refractivity contribution is -0.384. The molecule has 0 fully saturated rings. The quantitative estimate of drug-likeness (QED) is 0.586. The molecule has 0 aromatic heterocycles. The summed E-state index contributed by atoms with van der Waals surface area (Å²) in [6, 6.07) is 6.43. The zero-order valence-corrected chi connectivity index (χ0v) is 12.0. The molecule has 20 heavy (non-hydrogen) atoms. The monoisotopic (exact) mass is 279 g/mol. The van der Waals surface area contributed by atoms with E-state index in [0.717, 1.165) is 19.4 Å². The first kappa shape index (κ1) is 15.9. The lowest BCUT2D eigenvalue weighted by atomic mass is 10.2. The molecule has 6 heteroatoms. The fraction of sp³-hybridized carbons (Fsp3) is 0.500. The van der Waals surface area contributed by atoms with E-state index in [1.54, 1.807) is 30.1 Å². The number of carbonyl (C=O) groups excluding carboxylic acids is 1. The van der Waals surface area contributed by atoms with Crippen molar-refractivity contribution in [3.63, 3.8) is 0 Å². The summed E-state index contributed by atoms with van der Waals surface area (Å²) < 4.78 is 0. The Morgan fingerprint density at radius 2 is 2.10 bits per heavy atom. The molecule has 0 saturated carbocycles. The topological polar surface area (TPSA) is 75.5 Å². The molecule has 1 N–H and O–H groups in total. The minimum atomic E-state index is -0.433. The molecule has 0 heterocycles. The van der Waals surface area contributed by atoms with E-state index in [1.807, 2.05) is 0 Å². The molecule has 0 saturated heterocycles. The van der Waals surface area contributed by atoms with Crippen molar-refractivity contribution in [3.05, 3.63) is 34.4 Å². The summed E-state index contributed by atoms with van der Waals surface area (Å²) in [5.41, 5.74) is 0.473. The summed E-state index contributed by atoms with van der Waals surface area (Å²) in [6.07, 6.45) is 2.36. The van der Waals surface area contributed by atoms with Gasteiger partial charge < -0.3 is 10.2 Å². The van der Waals surface area contributed by atoms with Crippen molar-refractivity contribution >= 4 is 17.3 Å². The second kappa shape index (κ2) is 8.14. The zero-order valence-electron chi connectivity index (χ0n) is 12.0. The number of para-hydroxylation sites is 2. The molecular formula is C14H21N3O3. The second-order valence-corrected chi connectivity index (χ2v) is 4.62. The first-order chi connectivity index (χ1) is 9.56. The Balaban J connectivity index is 2.45. The molecule has 0 aliphatic rings. The number of unbranched alkanes of at least 4 members (excludes halogenated alkanes) is 1. The maximum atomic E-state index is 11.8. The fourth-order valence-corrected chi connectivity index (χ4v) is 1.80. The number of hydrogen-bond donors (Lipinski definition) is 1. The number of nitro benzene ring substituents is 1. The van der Waals surface area contributed by atoms with Gasteiger partial charge in [-0.1, -0.05) is 25.5 Å². The molecule has 0 aliphatic heterocycles. The maximum absolute atomic E-state index is 11.8. The van der Waals surface area contributed by atoms with E-state index in [0.29, 0.717) is 18.7 Å². The van der Waals surface area contributed by atoms with Gasteiger partial charge in [-0.3, -0.25) is 14.9 Å². The van der Waals surface area contributed by atoms with Gasteiger partial charge >= 0.3 is 0 Å². The highest BCUT2D eigenvalue weighted by Gasteiger charge is 2.13. The van der Waals surface area contributed by atoms with Crippen molar-refractivity contribution in [2.45, 2.75) is 26.2 Å². The van der Waals surface area contributed by atoms with Gasteiger partial charge in [0.2, 0.25) is 5.91 Å². The van der Waals surface area contributed by atoms with Crippen LogP contribution in [0.1, 0.15) is 26.2 Å². The van der Waals surface area contributed by atoms with Crippen molar-refractivity contribution in [1.29, 1.82) is 0 Å². The molecular weight excluding hydrogens is 258 g/mol. The van der Waals surface area contributed by atoms with Gasteiger partial charge in [0.15, 0.2) is 0 Å². The SMILES string of the molecule is CCCCN(C)C(=O)CCNc1ccccc1[N+](=O)[O-]. The minimum absolute atomic E-state index is 0.0271. The van der Waals surface area contributed by atoms with Gasteiger partial charge in [-0.05, 0) is 12.5 Å². The second-order valence-electron chi connectivity index (χ2n) is 4.62. The average Bonchev–Trinajstić information content (AvgIpc) is 2.44. The summed E-state index contributed by atoms with van der Waals surface area (Å²) in [6.45, 7) is 3.22. The maximum Gasteiger partial charge on any atom is 0.292 e. The van der Waals surface area contributed by atoms with Crippen LogP contribution in [-0.4, -0.2) is 35.9 Å². The third-order valence-electron chi connectivity index (χ3n) is 3.03. The molecule has 110 valence electrons. The van der Waals surface area contributed by atoms with Crippen LogP contribution in [-0.2, 0) is 4.79 Å². The van der Waals surface area contributed by atoms with E-state index in [1.165, 1.54) is 6.07 Å². The molecule has 0 spiro atoms. The third kappa shape index (κ3) is 4.87. The fourth-order valence-electron chi connectivity index (χ4n) is 1.80. The van der Waals surface area contributed by atoms with Crippen LogP contribution in [0.3, 0.4) is 0 Å². The van der Waals surface area contributed by atoms with Crippen molar-refractivity contribution in [2.24, 2.45) is 0 Å². The van der Waals surface area contributed by atoms with E-state index < -0.39 is 4.92 Å². The van der Waals surface area contributed by atoms with Crippen molar-refractivity contribution in [1.82, 2.24) is 4.90 Å². The molecule has 6 nitrogen and oxygen atoms in total. The molecule has 0 atom stereocenters. The Morgan fingerprint density at radius 1 is 1.40 bits per heavy atom. The normalized spacial score (nSPS) is 10.1. The molecule has 1 rings (SSSR count). The smallest absolute Gasteiger partial charge is 0.292 e. The van der Waals surface area contributed by atoms with Crippen LogP contribution in [0.15, 0.2) is 24.3 Å². The van der Waals surface area contributed by atoms with Gasteiger partial charge in [0.05, 0.1) is 4.92 Å². The van der Waals surface area contributed by atoms with E-state index in [4.69, 9.17) is 0 Å². The number of carbonyl (C=O) groups is 1. The van der Waals surface area contributed by atoms with Gasteiger partial charge in [0, 0.05) is 32.6 Å². The lowest BCUT2D eigenvalue weighted by Crippen LogP contribution is -2.29. The summed E-state index contributed by atoms with van der Waals surface area (Å²) in [7, 11) is 1.78. The molecule has 1 aromatic rings. The van der Waals surface area contributed by atoms with Gasteiger partial charge in [0.1, 0.15) is 5.69 Å². The Morgan fingerprint density at radius 3 is 2.75 bits per heavy atom. The van der Waals surface area contributed by atoms with E-state index in [2.05, 4.69) is 12.2 Å². The number of hydrogen-bond acceptors (Lipinski definition) is 4. The number of nitrogens with zero attached hydrogens (tertiary/aromatic N) is 2. The minimum Gasteiger partial charge on any atom is -0.379 e. The predicted molar refractivity (Wildman–Crippen MR) is 78.7 cm³/mol. The van der Waals surface area contributed by atoms with Crippen LogP contribution in [0, 0.1) is 10.1 Å².